The van der Waals surface area contributed by atoms with E-state index < -0.39 is 0 Å². The minimum atomic E-state index is -0.213. The van der Waals surface area contributed by atoms with Gasteiger partial charge in [-0.1, -0.05) is 6.07 Å². The van der Waals surface area contributed by atoms with E-state index in [0.29, 0.717) is 24.9 Å². The number of rotatable bonds is 3. The highest BCUT2D eigenvalue weighted by Gasteiger charge is 2.22. The fraction of sp³-hybridized carbons (Fsp3) is 0.455. The van der Waals surface area contributed by atoms with Gasteiger partial charge in [0.1, 0.15) is 0 Å². The summed E-state index contributed by atoms with van der Waals surface area (Å²) in [5.74, 6) is 1.19. The number of likely N-dealkylation sites (tertiary alicyclic amines) is 1. The van der Waals surface area contributed by atoms with E-state index in [2.05, 4.69) is 15.1 Å². The van der Waals surface area contributed by atoms with Crippen LogP contribution in [0.3, 0.4) is 0 Å². The molecule has 2 aromatic heterocycles. The number of nitrogens with zero attached hydrogens (tertiary/aromatic N) is 3. The zero-order chi connectivity index (χ0) is 11.7. The molecule has 0 spiro atoms. The molecule has 1 unspecified atom stereocenters. The number of aliphatic hydroxyl groups excluding tert-OH is 1. The highest BCUT2D eigenvalue weighted by Crippen LogP contribution is 2.23. The number of hydrogen-bond donors (Lipinski definition) is 1. The molecule has 0 aromatic carbocycles. The Balaban J connectivity index is 1.69. The van der Waals surface area contributed by atoms with Gasteiger partial charge in [-0.15, -0.1) is 21.5 Å². The molecule has 0 radical (unpaired) electrons. The lowest BCUT2D eigenvalue weighted by Gasteiger charge is -2.10. The Morgan fingerprint density at radius 3 is 3.18 bits per heavy atom. The molecule has 1 aliphatic rings. The predicted octanol–water partition coefficient (Wildman–Crippen LogP) is 1.36. The molecule has 2 aromatic rings. The molecule has 1 aliphatic heterocycles. The van der Waals surface area contributed by atoms with Gasteiger partial charge in [-0.25, -0.2) is 0 Å². The Bertz CT molecular complexity index is 483. The van der Waals surface area contributed by atoms with Gasteiger partial charge in [0.15, 0.2) is 0 Å². The van der Waals surface area contributed by atoms with Crippen LogP contribution in [0.1, 0.15) is 12.3 Å². The topological polar surface area (TPSA) is 62.4 Å². The molecule has 90 valence electrons. The zero-order valence-electron chi connectivity index (χ0n) is 9.24. The van der Waals surface area contributed by atoms with Crippen LogP contribution in [0.25, 0.3) is 10.8 Å². The summed E-state index contributed by atoms with van der Waals surface area (Å²) in [4.78, 5) is 3.11. The normalized spacial score (nSPS) is 21.1. The molecule has 0 aliphatic carbocycles. The maximum atomic E-state index is 9.43. The summed E-state index contributed by atoms with van der Waals surface area (Å²) in [6, 6.07) is 3.92. The van der Waals surface area contributed by atoms with Crippen LogP contribution >= 0.6 is 11.3 Å². The average molecular weight is 251 g/mol. The van der Waals surface area contributed by atoms with E-state index in [1.807, 2.05) is 17.5 Å². The largest absolute Gasteiger partial charge is 0.419 e. The molecule has 1 N–H and O–H groups in total. The molecule has 1 saturated heterocycles. The van der Waals surface area contributed by atoms with Crippen LogP contribution in [-0.4, -0.2) is 39.4 Å². The number of aliphatic hydroxyl groups is 1. The molecule has 1 atom stereocenters. The Morgan fingerprint density at radius 2 is 2.47 bits per heavy atom. The first-order valence-electron chi connectivity index (χ1n) is 5.58. The van der Waals surface area contributed by atoms with E-state index >= 15 is 0 Å². The van der Waals surface area contributed by atoms with Gasteiger partial charge in [-0.2, -0.15) is 0 Å². The van der Waals surface area contributed by atoms with Crippen molar-refractivity contribution in [3.8, 4) is 10.8 Å². The maximum absolute atomic E-state index is 9.43. The van der Waals surface area contributed by atoms with Crippen LogP contribution in [0.5, 0.6) is 0 Å². The molecule has 6 heteroatoms. The summed E-state index contributed by atoms with van der Waals surface area (Å²) < 4.78 is 5.59. The number of hydrogen-bond acceptors (Lipinski definition) is 6. The third kappa shape index (κ3) is 2.38. The zero-order valence-corrected chi connectivity index (χ0v) is 10.1. The first-order valence-corrected chi connectivity index (χ1v) is 6.46. The summed E-state index contributed by atoms with van der Waals surface area (Å²) in [6.45, 7) is 2.20. The molecule has 0 saturated carbocycles. The lowest BCUT2D eigenvalue weighted by atomic mass is 10.3. The second-order valence-electron chi connectivity index (χ2n) is 4.16. The average Bonchev–Trinajstić information content (AvgIpc) is 3.00. The van der Waals surface area contributed by atoms with E-state index in [1.54, 1.807) is 11.3 Å². The van der Waals surface area contributed by atoms with E-state index in [9.17, 15) is 5.11 Å². The monoisotopic (exact) mass is 251 g/mol. The fourth-order valence-corrected chi connectivity index (χ4v) is 2.61. The minimum Gasteiger partial charge on any atom is -0.419 e. The third-order valence-corrected chi connectivity index (χ3v) is 3.66. The van der Waals surface area contributed by atoms with Crippen molar-refractivity contribution in [1.82, 2.24) is 15.1 Å². The summed E-state index contributed by atoms with van der Waals surface area (Å²) in [7, 11) is 0. The number of aromatic nitrogens is 2. The molecule has 3 heterocycles. The fourth-order valence-electron chi connectivity index (χ4n) is 1.96. The van der Waals surface area contributed by atoms with Crippen molar-refractivity contribution in [2.45, 2.75) is 19.1 Å². The lowest BCUT2D eigenvalue weighted by Crippen LogP contribution is -2.21. The summed E-state index contributed by atoms with van der Waals surface area (Å²) in [5, 5.41) is 19.5. The number of thiophene rings is 1. The number of β-amino-alcohol motifs (C(OH)–C–C–N with tert-alkyl or cyclic N) is 1. The molecular formula is C11H13N3O2S. The second-order valence-corrected chi connectivity index (χ2v) is 5.10. The SMILES string of the molecule is OC1CCN(Cc2nnc(-c3cccs3)o2)C1. The third-order valence-electron chi connectivity index (χ3n) is 2.81. The summed E-state index contributed by atoms with van der Waals surface area (Å²) >= 11 is 1.58. The van der Waals surface area contributed by atoms with Crippen LogP contribution in [0.15, 0.2) is 21.9 Å². The molecule has 0 amide bonds. The van der Waals surface area contributed by atoms with Gasteiger partial charge in [0.05, 0.1) is 17.5 Å². The van der Waals surface area contributed by atoms with Gasteiger partial charge in [-0.05, 0) is 17.9 Å². The van der Waals surface area contributed by atoms with E-state index in [-0.39, 0.29) is 6.10 Å². The van der Waals surface area contributed by atoms with Crippen LogP contribution in [-0.2, 0) is 6.54 Å². The standard InChI is InChI=1S/C11H13N3O2S/c15-8-3-4-14(6-8)7-10-12-13-11(16-10)9-2-1-5-17-9/h1-2,5,8,15H,3-4,6-7H2. The Labute approximate surface area is 103 Å². The molecule has 5 nitrogen and oxygen atoms in total. The summed E-state index contributed by atoms with van der Waals surface area (Å²) in [6.07, 6.45) is 0.612. The van der Waals surface area contributed by atoms with Crippen LogP contribution in [0.2, 0.25) is 0 Å². The van der Waals surface area contributed by atoms with Crippen molar-refractivity contribution >= 4 is 11.3 Å². The Hall–Kier alpha value is -1.24. The van der Waals surface area contributed by atoms with Gasteiger partial charge < -0.3 is 9.52 Å². The molecule has 0 bridgehead atoms. The Kier molecular flexibility index (Phi) is 2.92. The highest BCUT2D eigenvalue weighted by molar-refractivity contribution is 7.13. The van der Waals surface area contributed by atoms with E-state index in [4.69, 9.17) is 4.42 Å². The van der Waals surface area contributed by atoms with E-state index in [1.165, 1.54) is 0 Å². The predicted molar refractivity (Wildman–Crippen MR) is 63.5 cm³/mol. The molecule has 3 rings (SSSR count). The van der Waals surface area contributed by atoms with E-state index in [0.717, 1.165) is 17.8 Å². The smallest absolute Gasteiger partial charge is 0.257 e. The van der Waals surface area contributed by atoms with Crippen LogP contribution < -0.4 is 0 Å². The Morgan fingerprint density at radius 1 is 1.53 bits per heavy atom. The quantitative estimate of drug-likeness (QED) is 0.892. The van der Waals surface area contributed by atoms with Crippen molar-refractivity contribution in [3.05, 3.63) is 23.4 Å². The van der Waals surface area contributed by atoms with Gasteiger partial charge in [-0.3, -0.25) is 4.90 Å². The first-order chi connectivity index (χ1) is 8.31. The second kappa shape index (κ2) is 4.56. The summed E-state index contributed by atoms with van der Waals surface area (Å²) in [5.41, 5.74) is 0. The molecule has 1 fully saturated rings. The lowest BCUT2D eigenvalue weighted by molar-refractivity contribution is 0.171. The van der Waals surface area contributed by atoms with Crippen molar-refractivity contribution < 1.29 is 9.52 Å². The van der Waals surface area contributed by atoms with Crippen molar-refractivity contribution in [2.75, 3.05) is 13.1 Å². The van der Waals surface area contributed by atoms with Crippen LogP contribution in [0, 0.1) is 0 Å². The minimum absolute atomic E-state index is 0.213. The maximum Gasteiger partial charge on any atom is 0.257 e. The van der Waals surface area contributed by atoms with Gasteiger partial charge in [0, 0.05) is 13.1 Å². The van der Waals surface area contributed by atoms with Gasteiger partial charge >= 0.3 is 0 Å². The first kappa shape index (κ1) is 10.9. The van der Waals surface area contributed by atoms with Gasteiger partial charge in [0.2, 0.25) is 5.89 Å². The van der Waals surface area contributed by atoms with Gasteiger partial charge in [0.25, 0.3) is 5.89 Å². The molecular weight excluding hydrogens is 238 g/mol. The van der Waals surface area contributed by atoms with Crippen molar-refractivity contribution in [3.63, 3.8) is 0 Å². The molecule has 17 heavy (non-hydrogen) atoms. The van der Waals surface area contributed by atoms with Crippen molar-refractivity contribution in [1.29, 1.82) is 0 Å². The highest BCUT2D eigenvalue weighted by atomic mass is 32.1. The van der Waals surface area contributed by atoms with Crippen LogP contribution in [0.4, 0.5) is 0 Å². The van der Waals surface area contributed by atoms with Crippen molar-refractivity contribution in [2.24, 2.45) is 0 Å².